The first-order valence-corrected chi connectivity index (χ1v) is 10.5. The zero-order chi connectivity index (χ0) is 19.8. The molecule has 3 aromatic heterocycles. The van der Waals surface area contributed by atoms with Gasteiger partial charge in [0.1, 0.15) is 23.8 Å². The number of nitrogens with one attached hydrogen (secondary N) is 2. The van der Waals surface area contributed by atoms with Gasteiger partial charge in [0.15, 0.2) is 11.5 Å². The second kappa shape index (κ2) is 6.03. The first kappa shape index (κ1) is 17.4. The van der Waals surface area contributed by atoms with Gasteiger partial charge in [0.05, 0.1) is 5.60 Å². The van der Waals surface area contributed by atoms with Crippen LogP contribution in [0.5, 0.6) is 0 Å². The Balaban J connectivity index is 1.43. The Morgan fingerprint density at radius 3 is 2.62 bits per heavy atom. The van der Waals surface area contributed by atoms with Crippen LogP contribution in [-0.4, -0.2) is 40.5 Å². The van der Waals surface area contributed by atoms with Gasteiger partial charge in [0.2, 0.25) is 0 Å². The minimum absolute atomic E-state index is 0.110. The highest BCUT2D eigenvalue weighted by Crippen LogP contribution is 2.60. The molecule has 8 heteroatoms. The third-order valence-corrected chi connectivity index (χ3v) is 7.20. The molecule has 7 rings (SSSR count). The lowest BCUT2D eigenvalue weighted by atomic mass is 9.52. The number of aliphatic hydroxyl groups excluding tert-OH is 1. The summed E-state index contributed by atoms with van der Waals surface area (Å²) < 4.78 is 2.17. The van der Waals surface area contributed by atoms with E-state index in [1.54, 1.807) is 0 Å². The molecule has 4 saturated carbocycles. The number of fused-ring (bicyclic) bond motifs is 1. The van der Waals surface area contributed by atoms with Crippen LogP contribution in [0, 0.1) is 24.7 Å². The molecular weight excluding hydrogens is 368 g/mol. The molecule has 4 N–H and O–H groups in total. The van der Waals surface area contributed by atoms with Crippen molar-refractivity contribution in [3.63, 3.8) is 0 Å². The first-order valence-electron chi connectivity index (χ1n) is 10.5. The Labute approximate surface area is 168 Å². The van der Waals surface area contributed by atoms with Crippen molar-refractivity contribution in [2.45, 2.75) is 57.3 Å². The molecule has 4 aliphatic rings. The number of hydrogen-bond donors (Lipinski definition) is 4. The summed E-state index contributed by atoms with van der Waals surface area (Å²) in [7, 11) is 0. The molecule has 0 aromatic carbocycles. The van der Waals surface area contributed by atoms with E-state index in [0.29, 0.717) is 29.4 Å². The number of imidazole rings is 1. The van der Waals surface area contributed by atoms with Gasteiger partial charge in [-0.2, -0.15) is 5.10 Å². The fourth-order valence-electron chi connectivity index (χ4n) is 6.50. The number of hydrogen-bond acceptors (Lipinski definition) is 6. The van der Waals surface area contributed by atoms with E-state index in [9.17, 15) is 10.2 Å². The van der Waals surface area contributed by atoms with Crippen molar-refractivity contribution in [2.75, 3.05) is 5.32 Å². The lowest BCUT2D eigenvalue weighted by Gasteiger charge is -2.58. The minimum Gasteiger partial charge on any atom is -0.390 e. The van der Waals surface area contributed by atoms with Crippen LogP contribution in [0.3, 0.4) is 0 Å². The van der Waals surface area contributed by atoms with Gasteiger partial charge in [-0.1, -0.05) is 0 Å². The summed E-state index contributed by atoms with van der Waals surface area (Å²) in [6.45, 7) is 1.85. The molecule has 29 heavy (non-hydrogen) atoms. The van der Waals surface area contributed by atoms with E-state index in [1.165, 1.54) is 0 Å². The zero-order valence-electron chi connectivity index (χ0n) is 16.5. The highest BCUT2D eigenvalue weighted by Gasteiger charge is 2.55. The quantitative estimate of drug-likeness (QED) is 0.541. The average molecular weight is 394 g/mol. The van der Waals surface area contributed by atoms with Gasteiger partial charge >= 0.3 is 0 Å². The van der Waals surface area contributed by atoms with Gasteiger partial charge in [-0.05, 0) is 68.9 Å². The van der Waals surface area contributed by atoms with Crippen molar-refractivity contribution < 1.29 is 10.2 Å². The normalized spacial score (nSPS) is 32.9. The van der Waals surface area contributed by atoms with E-state index in [1.807, 2.05) is 25.1 Å². The topological polar surface area (TPSA) is 112 Å². The summed E-state index contributed by atoms with van der Waals surface area (Å²) in [5, 5.41) is 31.4. The predicted octanol–water partition coefficient (Wildman–Crippen LogP) is 2.81. The standard InChI is InChI=1S/C21H26N6O2/c1-11-4-17(26-25-11)23-16-3-2-15-20(24-16)27(18(10-28)22-15)19-13-5-12-6-14(19)9-21(29,7-12)8-13/h2-4,12-14,19,28-29H,5-10H2,1H3,(H2,23,24,25,26). The molecule has 3 heterocycles. The monoisotopic (exact) mass is 394 g/mol. The fraction of sp³-hybridized carbons (Fsp3) is 0.571. The second-order valence-corrected chi connectivity index (χ2v) is 9.34. The molecular formula is C21H26N6O2. The summed E-state index contributed by atoms with van der Waals surface area (Å²) in [6, 6.07) is 6.02. The number of aromatic amines is 1. The number of pyridine rings is 1. The molecule has 4 fully saturated rings. The lowest BCUT2D eigenvalue weighted by molar-refractivity contribution is -0.146. The maximum absolute atomic E-state index is 11.0. The lowest BCUT2D eigenvalue weighted by Crippen LogP contribution is -2.55. The predicted molar refractivity (Wildman–Crippen MR) is 108 cm³/mol. The van der Waals surface area contributed by atoms with Crippen LogP contribution < -0.4 is 5.32 Å². The molecule has 0 spiro atoms. The number of aryl methyl sites for hydroxylation is 1. The zero-order valence-corrected chi connectivity index (χ0v) is 16.5. The molecule has 2 unspecified atom stereocenters. The second-order valence-electron chi connectivity index (χ2n) is 9.34. The van der Waals surface area contributed by atoms with Gasteiger partial charge in [-0.15, -0.1) is 0 Å². The Morgan fingerprint density at radius 1 is 1.17 bits per heavy atom. The van der Waals surface area contributed by atoms with Crippen molar-refractivity contribution in [1.82, 2.24) is 24.7 Å². The smallest absolute Gasteiger partial charge is 0.162 e. The molecule has 3 aromatic rings. The van der Waals surface area contributed by atoms with Gasteiger partial charge < -0.3 is 20.1 Å². The number of anilines is 2. The Bertz CT molecular complexity index is 1070. The Hall–Kier alpha value is -2.45. The van der Waals surface area contributed by atoms with Gasteiger partial charge in [0, 0.05) is 17.8 Å². The van der Waals surface area contributed by atoms with Crippen LogP contribution in [0.2, 0.25) is 0 Å². The van der Waals surface area contributed by atoms with Crippen molar-refractivity contribution >= 4 is 22.8 Å². The van der Waals surface area contributed by atoms with E-state index < -0.39 is 5.60 Å². The van der Waals surface area contributed by atoms with Crippen LogP contribution in [0.25, 0.3) is 11.2 Å². The van der Waals surface area contributed by atoms with Crippen molar-refractivity contribution in [1.29, 1.82) is 0 Å². The number of aliphatic hydroxyl groups is 2. The van der Waals surface area contributed by atoms with Gasteiger partial charge in [0.25, 0.3) is 0 Å². The molecule has 0 radical (unpaired) electrons. The van der Waals surface area contributed by atoms with Crippen molar-refractivity contribution in [2.24, 2.45) is 17.8 Å². The van der Waals surface area contributed by atoms with Gasteiger partial charge in [-0.3, -0.25) is 5.10 Å². The Kier molecular flexibility index (Phi) is 3.62. The number of aromatic nitrogens is 5. The highest BCUT2D eigenvalue weighted by molar-refractivity contribution is 5.75. The number of rotatable bonds is 4. The van der Waals surface area contributed by atoms with E-state index in [2.05, 4.69) is 25.1 Å². The largest absolute Gasteiger partial charge is 0.390 e. The third-order valence-electron chi connectivity index (χ3n) is 7.20. The fourth-order valence-corrected chi connectivity index (χ4v) is 6.50. The molecule has 4 bridgehead atoms. The molecule has 152 valence electrons. The molecule has 0 amide bonds. The van der Waals surface area contributed by atoms with Crippen LogP contribution in [-0.2, 0) is 6.61 Å². The highest BCUT2D eigenvalue weighted by atomic mass is 16.3. The molecule has 8 nitrogen and oxygen atoms in total. The van der Waals surface area contributed by atoms with Crippen LogP contribution in [0.1, 0.15) is 49.7 Å². The van der Waals surface area contributed by atoms with E-state index in [-0.39, 0.29) is 12.6 Å². The molecule has 0 aliphatic heterocycles. The number of H-pyrrole nitrogens is 1. The molecule has 0 saturated heterocycles. The van der Waals surface area contributed by atoms with Crippen LogP contribution in [0.4, 0.5) is 11.6 Å². The molecule has 2 atom stereocenters. The maximum atomic E-state index is 11.0. The summed E-state index contributed by atoms with van der Waals surface area (Å²) in [4.78, 5) is 9.53. The average Bonchev–Trinajstić information content (AvgIpc) is 3.23. The Morgan fingerprint density at radius 2 is 1.97 bits per heavy atom. The molecule has 4 aliphatic carbocycles. The number of nitrogens with zero attached hydrogens (tertiary/aromatic N) is 4. The van der Waals surface area contributed by atoms with Crippen molar-refractivity contribution in [3.05, 3.63) is 29.7 Å². The first-order chi connectivity index (χ1) is 14.0. The summed E-state index contributed by atoms with van der Waals surface area (Å²) >= 11 is 0. The van der Waals surface area contributed by atoms with Crippen LogP contribution in [0.15, 0.2) is 18.2 Å². The summed E-state index contributed by atoms with van der Waals surface area (Å²) in [5.74, 6) is 3.57. The van der Waals surface area contributed by atoms with Crippen molar-refractivity contribution in [3.8, 4) is 0 Å². The third kappa shape index (κ3) is 2.69. The minimum atomic E-state index is -0.485. The van der Waals surface area contributed by atoms with E-state index in [0.717, 1.165) is 54.8 Å². The SMILES string of the molecule is Cc1cc(Nc2ccc3nc(CO)n(C4C5CC6CC4CC(O)(C6)C5)c3n2)n[nH]1. The van der Waals surface area contributed by atoms with Gasteiger partial charge in [-0.25, -0.2) is 9.97 Å². The van der Waals surface area contributed by atoms with E-state index >= 15 is 0 Å². The summed E-state index contributed by atoms with van der Waals surface area (Å²) in [5.41, 5.74) is 2.09. The maximum Gasteiger partial charge on any atom is 0.162 e. The van der Waals surface area contributed by atoms with Crippen LogP contribution >= 0.6 is 0 Å². The van der Waals surface area contributed by atoms with E-state index in [4.69, 9.17) is 4.98 Å². The summed E-state index contributed by atoms with van der Waals surface area (Å²) in [6.07, 6.45) is 4.95.